The van der Waals surface area contributed by atoms with Gasteiger partial charge in [0.1, 0.15) is 29.2 Å². The number of nitrogens with two attached hydrogens (primary N) is 1. The number of nitrogens with zero attached hydrogens (tertiary/aromatic N) is 4. The van der Waals surface area contributed by atoms with Gasteiger partial charge in [0.05, 0.1) is 5.39 Å². The number of hydrogen-bond acceptors (Lipinski definition) is 5. The summed E-state index contributed by atoms with van der Waals surface area (Å²) in [6.45, 7) is 0. The molecule has 0 atom stereocenters. The molecular formula is C29H24FIN6O2. The van der Waals surface area contributed by atoms with E-state index in [0.717, 1.165) is 35.0 Å². The van der Waals surface area contributed by atoms with Crippen molar-refractivity contribution in [2.24, 2.45) is 0 Å². The van der Waals surface area contributed by atoms with Crippen LogP contribution in [0.3, 0.4) is 0 Å². The van der Waals surface area contributed by atoms with Crippen molar-refractivity contribution in [1.82, 2.24) is 19.1 Å². The van der Waals surface area contributed by atoms with E-state index in [1.807, 2.05) is 34.7 Å². The van der Waals surface area contributed by atoms with Crippen molar-refractivity contribution in [3.8, 4) is 16.8 Å². The number of carbonyl (C=O) groups excluding carboxylic acids is 1. The van der Waals surface area contributed by atoms with Crippen molar-refractivity contribution in [3.63, 3.8) is 0 Å². The highest BCUT2D eigenvalue weighted by atomic mass is 127. The maximum Gasteiger partial charge on any atom is 0.269 e. The van der Waals surface area contributed by atoms with E-state index in [-0.39, 0.29) is 5.56 Å². The van der Waals surface area contributed by atoms with Crippen molar-refractivity contribution in [3.05, 3.63) is 98.6 Å². The summed E-state index contributed by atoms with van der Waals surface area (Å²) in [5.41, 5.74) is 9.51. The molecule has 1 amide bonds. The first kappa shape index (κ1) is 25.2. The van der Waals surface area contributed by atoms with E-state index < -0.39 is 17.3 Å². The van der Waals surface area contributed by atoms with Crippen molar-refractivity contribution < 1.29 is 9.18 Å². The predicted molar refractivity (Wildman–Crippen MR) is 158 cm³/mol. The van der Waals surface area contributed by atoms with Gasteiger partial charge in [0.15, 0.2) is 0 Å². The molecule has 1 aliphatic carbocycles. The van der Waals surface area contributed by atoms with Crippen molar-refractivity contribution in [1.29, 1.82) is 0 Å². The number of anilines is 2. The number of aromatic nitrogens is 4. The lowest BCUT2D eigenvalue weighted by atomic mass is 10.1. The summed E-state index contributed by atoms with van der Waals surface area (Å²) in [4.78, 5) is 35.1. The lowest BCUT2D eigenvalue weighted by Gasteiger charge is -2.12. The molecule has 1 saturated carbocycles. The number of hydrogen-bond donors (Lipinski definition) is 2. The third kappa shape index (κ3) is 4.69. The molecule has 1 fully saturated rings. The van der Waals surface area contributed by atoms with E-state index in [0.29, 0.717) is 26.8 Å². The molecule has 6 rings (SSSR count). The van der Waals surface area contributed by atoms with Gasteiger partial charge in [0.25, 0.3) is 11.5 Å². The number of halogens is 2. The molecule has 196 valence electrons. The lowest BCUT2D eigenvalue weighted by Crippen LogP contribution is -2.29. The monoisotopic (exact) mass is 634 g/mol. The smallest absolute Gasteiger partial charge is 0.269 e. The van der Waals surface area contributed by atoms with Crippen LogP contribution in [-0.4, -0.2) is 25.0 Å². The summed E-state index contributed by atoms with van der Waals surface area (Å²) in [5, 5.41) is 3.65. The Morgan fingerprint density at radius 1 is 1.03 bits per heavy atom. The molecule has 8 nitrogen and oxygen atoms in total. The summed E-state index contributed by atoms with van der Waals surface area (Å²) >= 11 is 1.97. The first-order chi connectivity index (χ1) is 18.9. The van der Waals surface area contributed by atoms with Crippen LogP contribution in [0.4, 0.5) is 15.9 Å². The SMILES string of the molecule is Nc1ncnc2c1c(-c1ccc(NC(=O)c3c(I)ccn(-c4ccc(F)cc4)c3=O)cc1)cn2C1CCCC1. The lowest BCUT2D eigenvalue weighted by molar-refractivity contribution is 0.102. The Morgan fingerprint density at radius 2 is 1.74 bits per heavy atom. The quantitative estimate of drug-likeness (QED) is 0.233. The third-order valence-corrected chi connectivity index (χ3v) is 8.08. The summed E-state index contributed by atoms with van der Waals surface area (Å²) < 4.78 is 17.4. The predicted octanol–water partition coefficient (Wildman–Crippen LogP) is 5.94. The van der Waals surface area contributed by atoms with Gasteiger partial charge in [-0.2, -0.15) is 0 Å². The fraction of sp³-hybridized carbons (Fsp3) is 0.172. The second-order valence-electron chi connectivity index (χ2n) is 9.57. The van der Waals surface area contributed by atoms with Gasteiger partial charge in [-0.3, -0.25) is 14.2 Å². The molecule has 2 aromatic carbocycles. The van der Waals surface area contributed by atoms with E-state index in [2.05, 4.69) is 26.0 Å². The van der Waals surface area contributed by atoms with Crippen LogP contribution in [0.15, 0.2) is 78.1 Å². The normalized spacial score (nSPS) is 13.7. The van der Waals surface area contributed by atoms with Crippen molar-refractivity contribution >= 4 is 51.0 Å². The van der Waals surface area contributed by atoms with Gasteiger partial charge in [-0.25, -0.2) is 14.4 Å². The van der Waals surface area contributed by atoms with Crippen LogP contribution < -0.4 is 16.6 Å². The molecule has 3 heterocycles. The number of amides is 1. The van der Waals surface area contributed by atoms with E-state index in [9.17, 15) is 14.0 Å². The van der Waals surface area contributed by atoms with Crippen LogP contribution in [0.1, 0.15) is 42.1 Å². The average Bonchev–Trinajstić information content (AvgIpc) is 3.59. The summed E-state index contributed by atoms with van der Waals surface area (Å²) in [7, 11) is 0. The second-order valence-corrected chi connectivity index (χ2v) is 10.7. The number of rotatable bonds is 5. The fourth-order valence-corrected chi connectivity index (χ4v) is 5.88. The summed E-state index contributed by atoms with van der Waals surface area (Å²) in [6.07, 6.45) is 9.79. The zero-order valence-electron chi connectivity index (χ0n) is 20.8. The van der Waals surface area contributed by atoms with Crippen LogP contribution in [-0.2, 0) is 0 Å². The van der Waals surface area contributed by atoms with Crippen LogP contribution in [0.25, 0.3) is 27.8 Å². The number of fused-ring (bicyclic) bond motifs is 1. The van der Waals surface area contributed by atoms with E-state index in [1.165, 1.54) is 48.0 Å². The molecule has 3 N–H and O–H groups in total. The van der Waals surface area contributed by atoms with Crippen molar-refractivity contribution in [2.75, 3.05) is 11.1 Å². The Kier molecular flexibility index (Phi) is 6.63. The number of benzene rings is 2. The van der Waals surface area contributed by atoms with E-state index in [4.69, 9.17) is 5.73 Å². The molecule has 1 aliphatic rings. The minimum Gasteiger partial charge on any atom is -0.383 e. The van der Waals surface area contributed by atoms with Crippen LogP contribution in [0.5, 0.6) is 0 Å². The minimum absolute atomic E-state index is 0.0102. The van der Waals surface area contributed by atoms with Gasteiger partial charge < -0.3 is 15.6 Å². The average molecular weight is 634 g/mol. The number of pyridine rings is 1. The van der Waals surface area contributed by atoms with Crippen molar-refractivity contribution in [2.45, 2.75) is 31.7 Å². The number of nitrogens with one attached hydrogen (secondary N) is 1. The van der Waals surface area contributed by atoms with Crippen LogP contribution >= 0.6 is 22.6 Å². The Hall–Kier alpha value is -4.06. The van der Waals surface area contributed by atoms with Gasteiger partial charge in [-0.15, -0.1) is 0 Å². The second kappa shape index (κ2) is 10.3. The number of carbonyl (C=O) groups is 1. The third-order valence-electron chi connectivity index (χ3n) is 7.18. The molecule has 0 spiro atoms. The number of nitrogen functional groups attached to an aromatic ring is 1. The highest BCUT2D eigenvalue weighted by Crippen LogP contribution is 2.38. The highest BCUT2D eigenvalue weighted by molar-refractivity contribution is 14.1. The standard InChI is InChI=1S/C29H24FIN6O2/c30-18-7-11-21(12-8-18)36-14-13-23(31)25(29(36)39)28(38)35-19-9-5-17(6-10-19)22-15-37(20-3-1-2-4-20)27-24(22)26(32)33-16-34-27/h5-16,20H,1-4H2,(H,35,38)(H2,32,33,34). The maximum atomic E-state index is 13.4. The molecule has 39 heavy (non-hydrogen) atoms. The molecule has 0 saturated heterocycles. The first-order valence-corrected chi connectivity index (χ1v) is 13.7. The molecule has 0 bridgehead atoms. The fourth-order valence-electron chi connectivity index (χ4n) is 5.24. The maximum absolute atomic E-state index is 13.4. The van der Waals surface area contributed by atoms with Gasteiger partial charge >= 0.3 is 0 Å². The molecule has 0 aliphatic heterocycles. The zero-order valence-corrected chi connectivity index (χ0v) is 22.9. The highest BCUT2D eigenvalue weighted by Gasteiger charge is 2.23. The first-order valence-electron chi connectivity index (χ1n) is 12.6. The van der Waals surface area contributed by atoms with Crippen LogP contribution in [0, 0.1) is 9.39 Å². The molecule has 0 unspecified atom stereocenters. The van der Waals surface area contributed by atoms with E-state index >= 15 is 0 Å². The Labute approximate surface area is 236 Å². The Morgan fingerprint density at radius 3 is 2.46 bits per heavy atom. The minimum atomic E-state index is -0.524. The molecule has 0 radical (unpaired) electrons. The Balaban J connectivity index is 1.30. The summed E-state index contributed by atoms with van der Waals surface area (Å²) in [5.74, 6) is -0.499. The molecule has 3 aromatic heterocycles. The largest absolute Gasteiger partial charge is 0.383 e. The van der Waals surface area contributed by atoms with Gasteiger partial charge in [0, 0.05) is 38.9 Å². The van der Waals surface area contributed by atoms with Gasteiger partial charge in [-0.05, 0) is 83.5 Å². The summed E-state index contributed by atoms with van der Waals surface area (Å²) in [6, 6.07) is 15.0. The molecule has 10 heteroatoms. The Bertz CT molecular complexity index is 1760. The molecule has 5 aromatic rings. The topological polar surface area (TPSA) is 108 Å². The van der Waals surface area contributed by atoms with Crippen LogP contribution in [0.2, 0.25) is 0 Å². The van der Waals surface area contributed by atoms with Gasteiger partial charge in [0.2, 0.25) is 0 Å². The molecular weight excluding hydrogens is 610 g/mol. The zero-order chi connectivity index (χ0) is 27.1. The van der Waals surface area contributed by atoms with Gasteiger partial charge in [-0.1, -0.05) is 25.0 Å². The van der Waals surface area contributed by atoms with E-state index in [1.54, 1.807) is 24.4 Å².